The van der Waals surface area contributed by atoms with Crippen molar-refractivity contribution in [3.63, 3.8) is 0 Å². The van der Waals surface area contributed by atoms with E-state index in [2.05, 4.69) is 51.2 Å². The molecule has 2 aliphatic rings. The zero-order valence-electron chi connectivity index (χ0n) is 12.9. The summed E-state index contributed by atoms with van der Waals surface area (Å²) in [5, 5.41) is 3.81. The molecule has 2 unspecified atom stereocenters. The van der Waals surface area contributed by atoms with Crippen LogP contribution in [0.2, 0.25) is 0 Å². The molecule has 2 atom stereocenters. The SMILES string of the molecule is CC1(C)CC(NC2c3ccccc3OC2(C)C)CCO1. The molecule has 0 spiro atoms. The van der Waals surface area contributed by atoms with Crippen LogP contribution in [0.3, 0.4) is 0 Å². The molecule has 1 N–H and O–H groups in total. The first-order valence-corrected chi connectivity index (χ1v) is 7.55. The van der Waals surface area contributed by atoms with Crippen molar-refractivity contribution in [3.8, 4) is 5.75 Å². The minimum absolute atomic E-state index is 0.0287. The van der Waals surface area contributed by atoms with Crippen LogP contribution in [0.1, 0.15) is 52.1 Å². The van der Waals surface area contributed by atoms with Crippen molar-refractivity contribution in [1.29, 1.82) is 0 Å². The van der Waals surface area contributed by atoms with Gasteiger partial charge in [0, 0.05) is 18.2 Å². The molecular weight excluding hydrogens is 250 g/mol. The van der Waals surface area contributed by atoms with Gasteiger partial charge in [0.2, 0.25) is 0 Å². The second-order valence-electron chi connectivity index (χ2n) is 7.14. The van der Waals surface area contributed by atoms with Crippen molar-refractivity contribution < 1.29 is 9.47 Å². The number of ether oxygens (including phenoxy) is 2. The molecule has 1 saturated heterocycles. The maximum atomic E-state index is 6.11. The molecule has 1 fully saturated rings. The molecule has 0 aromatic heterocycles. The van der Waals surface area contributed by atoms with Crippen LogP contribution in [0.4, 0.5) is 0 Å². The molecule has 110 valence electrons. The van der Waals surface area contributed by atoms with E-state index in [0.29, 0.717) is 6.04 Å². The van der Waals surface area contributed by atoms with Crippen LogP contribution in [0, 0.1) is 0 Å². The van der Waals surface area contributed by atoms with E-state index in [1.165, 1.54) is 5.56 Å². The van der Waals surface area contributed by atoms with Crippen LogP contribution < -0.4 is 10.1 Å². The van der Waals surface area contributed by atoms with E-state index >= 15 is 0 Å². The molecule has 0 radical (unpaired) electrons. The van der Waals surface area contributed by atoms with Crippen molar-refractivity contribution in [2.75, 3.05) is 6.61 Å². The quantitative estimate of drug-likeness (QED) is 0.897. The summed E-state index contributed by atoms with van der Waals surface area (Å²) in [5.41, 5.74) is 1.05. The molecule has 0 saturated carbocycles. The first-order valence-electron chi connectivity index (χ1n) is 7.55. The van der Waals surface area contributed by atoms with Gasteiger partial charge in [-0.15, -0.1) is 0 Å². The van der Waals surface area contributed by atoms with Gasteiger partial charge in [0.05, 0.1) is 11.6 Å². The highest BCUT2D eigenvalue weighted by Gasteiger charge is 2.42. The van der Waals surface area contributed by atoms with Crippen molar-refractivity contribution in [1.82, 2.24) is 5.32 Å². The molecule has 20 heavy (non-hydrogen) atoms. The molecule has 1 aromatic rings. The maximum Gasteiger partial charge on any atom is 0.125 e. The van der Waals surface area contributed by atoms with Gasteiger partial charge in [-0.05, 0) is 46.6 Å². The lowest BCUT2D eigenvalue weighted by molar-refractivity contribution is -0.0670. The first-order chi connectivity index (χ1) is 9.37. The van der Waals surface area contributed by atoms with Crippen LogP contribution in [0.5, 0.6) is 5.75 Å². The molecule has 3 nitrogen and oxygen atoms in total. The van der Waals surface area contributed by atoms with E-state index in [9.17, 15) is 0 Å². The second kappa shape index (κ2) is 4.74. The molecule has 2 aliphatic heterocycles. The Morgan fingerprint density at radius 2 is 1.90 bits per heavy atom. The predicted molar refractivity (Wildman–Crippen MR) is 80.1 cm³/mol. The van der Waals surface area contributed by atoms with Crippen LogP contribution in [-0.4, -0.2) is 23.9 Å². The van der Waals surface area contributed by atoms with E-state index in [0.717, 1.165) is 25.2 Å². The van der Waals surface area contributed by atoms with Gasteiger partial charge < -0.3 is 14.8 Å². The summed E-state index contributed by atoms with van der Waals surface area (Å²) < 4.78 is 11.9. The molecule has 3 heteroatoms. The van der Waals surface area contributed by atoms with E-state index in [-0.39, 0.29) is 17.2 Å². The van der Waals surface area contributed by atoms with Crippen molar-refractivity contribution >= 4 is 0 Å². The van der Waals surface area contributed by atoms with Gasteiger partial charge in [-0.1, -0.05) is 18.2 Å². The summed E-state index contributed by atoms with van der Waals surface area (Å²) in [6.45, 7) is 9.50. The van der Waals surface area contributed by atoms with Gasteiger partial charge in [-0.3, -0.25) is 0 Å². The monoisotopic (exact) mass is 275 g/mol. The lowest BCUT2D eigenvalue weighted by atomic mass is 9.89. The van der Waals surface area contributed by atoms with Crippen molar-refractivity contribution in [3.05, 3.63) is 29.8 Å². The summed E-state index contributed by atoms with van der Waals surface area (Å²) >= 11 is 0. The molecule has 0 amide bonds. The highest BCUT2D eigenvalue weighted by Crippen LogP contribution is 2.43. The Labute approximate surface area is 121 Å². The number of rotatable bonds is 2. The Balaban J connectivity index is 1.79. The number of para-hydroxylation sites is 1. The normalized spacial score (nSPS) is 30.6. The predicted octanol–water partition coefficient (Wildman–Crippen LogP) is 3.45. The van der Waals surface area contributed by atoms with Gasteiger partial charge >= 0.3 is 0 Å². The highest BCUT2D eigenvalue weighted by atomic mass is 16.5. The highest BCUT2D eigenvalue weighted by molar-refractivity contribution is 5.42. The molecule has 0 bridgehead atoms. The maximum absolute atomic E-state index is 6.11. The number of benzene rings is 1. The third-order valence-electron chi connectivity index (χ3n) is 4.40. The van der Waals surface area contributed by atoms with Crippen molar-refractivity contribution in [2.24, 2.45) is 0 Å². The second-order valence-corrected chi connectivity index (χ2v) is 7.14. The summed E-state index contributed by atoms with van der Waals surface area (Å²) in [7, 11) is 0. The van der Waals surface area contributed by atoms with Gasteiger partial charge in [0.15, 0.2) is 0 Å². The molecule has 3 rings (SSSR count). The summed E-state index contributed by atoms with van der Waals surface area (Å²) in [5.74, 6) is 1.02. The Hall–Kier alpha value is -1.06. The number of fused-ring (bicyclic) bond motifs is 1. The Morgan fingerprint density at radius 3 is 2.65 bits per heavy atom. The standard InChI is InChI=1S/C17H25NO2/c1-16(2)11-12(9-10-19-16)18-15-13-7-5-6-8-14(13)20-17(15,3)4/h5-8,12,15,18H,9-11H2,1-4H3. The fourth-order valence-electron chi connectivity index (χ4n) is 3.43. The average Bonchev–Trinajstić information content (AvgIpc) is 2.59. The fourth-order valence-corrected chi connectivity index (χ4v) is 3.43. The third-order valence-corrected chi connectivity index (χ3v) is 4.40. The Morgan fingerprint density at radius 1 is 1.15 bits per heavy atom. The summed E-state index contributed by atoms with van der Waals surface area (Å²) in [4.78, 5) is 0. The van der Waals surface area contributed by atoms with Crippen LogP contribution >= 0.6 is 0 Å². The topological polar surface area (TPSA) is 30.5 Å². The van der Waals surface area contributed by atoms with E-state index in [4.69, 9.17) is 9.47 Å². The Bertz CT molecular complexity index is 496. The van der Waals surface area contributed by atoms with Crippen LogP contribution in [-0.2, 0) is 4.74 Å². The third kappa shape index (κ3) is 2.57. The van der Waals surface area contributed by atoms with Gasteiger partial charge in [0.25, 0.3) is 0 Å². The molecule has 2 heterocycles. The lowest BCUT2D eigenvalue weighted by Crippen LogP contribution is -2.49. The van der Waals surface area contributed by atoms with E-state index in [1.54, 1.807) is 0 Å². The lowest BCUT2D eigenvalue weighted by Gasteiger charge is -2.39. The van der Waals surface area contributed by atoms with E-state index < -0.39 is 0 Å². The zero-order valence-corrected chi connectivity index (χ0v) is 12.9. The summed E-state index contributed by atoms with van der Waals surface area (Å²) in [6.07, 6.45) is 2.11. The smallest absolute Gasteiger partial charge is 0.125 e. The van der Waals surface area contributed by atoms with Gasteiger partial charge in [-0.25, -0.2) is 0 Å². The van der Waals surface area contributed by atoms with E-state index in [1.807, 2.05) is 6.07 Å². The fraction of sp³-hybridized carbons (Fsp3) is 0.647. The number of hydrogen-bond acceptors (Lipinski definition) is 3. The Kier molecular flexibility index (Phi) is 3.30. The number of nitrogens with one attached hydrogen (secondary N) is 1. The van der Waals surface area contributed by atoms with Crippen LogP contribution in [0.25, 0.3) is 0 Å². The molecular formula is C17H25NO2. The zero-order chi connectivity index (χ0) is 14.4. The van der Waals surface area contributed by atoms with Crippen LogP contribution in [0.15, 0.2) is 24.3 Å². The minimum Gasteiger partial charge on any atom is -0.486 e. The minimum atomic E-state index is -0.202. The average molecular weight is 275 g/mol. The molecule has 1 aromatic carbocycles. The largest absolute Gasteiger partial charge is 0.486 e. The van der Waals surface area contributed by atoms with Crippen molar-refractivity contribution in [2.45, 2.75) is 63.8 Å². The van der Waals surface area contributed by atoms with Gasteiger partial charge in [-0.2, -0.15) is 0 Å². The molecule has 0 aliphatic carbocycles. The number of hydrogen-bond donors (Lipinski definition) is 1. The first kappa shape index (κ1) is 13.9. The van der Waals surface area contributed by atoms with Gasteiger partial charge in [0.1, 0.15) is 11.4 Å². The summed E-state index contributed by atoms with van der Waals surface area (Å²) in [6, 6.07) is 9.09.